The average Bonchev–Trinajstić information content (AvgIpc) is 3.28. The third-order valence-electron chi connectivity index (χ3n) is 5.13. The molecule has 5 nitrogen and oxygen atoms in total. The number of hydrogen-bond acceptors (Lipinski definition) is 4. The summed E-state index contributed by atoms with van der Waals surface area (Å²) in [7, 11) is 3.72. The van der Waals surface area contributed by atoms with E-state index in [1.54, 1.807) is 18.9 Å². The molecular formula is C24H26N4OS. The van der Waals surface area contributed by atoms with Gasteiger partial charge in [0.05, 0.1) is 36.1 Å². The van der Waals surface area contributed by atoms with Gasteiger partial charge in [-0.05, 0) is 56.7 Å². The second-order valence-electron chi connectivity index (χ2n) is 7.48. The van der Waals surface area contributed by atoms with Crippen LogP contribution in [0.5, 0.6) is 5.75 Å². The van der Waals surface area contributed by atoms with E-state index in [-0.39, 0.29) is 0 Å². The highest BCUT2D eigenvalue weighted by atomic mass is 32.2. The van der Waals surface area contributed by atoms with Crippen molar-refractivity contribution in [3.05, 3.63) is 77.5 Å². The maximum Gasteiger partial charge on any atom is 0.173 e. The zero-order valence-electron chi connectivity index (χ0n) is 18.0. The molecule has 0 atom stereocenters. The second-order valence-corrected chi connectivity index (χ2v) is 8.42. The Labute approximate surface area is 181 Å². The molecule has 0 unspecified atom stereocenters. The normalized spacial score (nSPS) is 11.1. The average molecular weight is 419 g/mol. The van der Waals surface area contributed by atoms with Gasteiger partial charge in [0.25, 0.3) is 0 Å². The number of rotatable bonds is 6. The number of hydrogen-bond donors (Lipinski definition) is 0. The van der Waals surface area contributed by atoms with E-state index in [0.717, 1.165) is 45.1 Å². The van der Waals surface area contributed by atoms with Crippen LogP contribution in [0.4, 0.5) is 0 Å². The predicted molar refractivity (Wildman–Crippen MR) is 123 cm³/mol. The van der Waals surface area contributed by atoms with Crippen molar-refractivity contribution in [3.8, 4) is 22.7 Å². The van der Waals surface area contributed by atoms with Gasteiger partial charge in [-0.2, -0.15) is 0 Å². The Morgan fingerprint density at radius 2 is 1.80 bits per heavy atom. The minimum atomic E-state index is 0.758. The lowest BCUT2D eigenvalue weighted by molar-refractivity contribution is 0.415. The van der Waals surface area contributed by atoms with E-state index in [1.807, 2.05) is 32.3 Å². The molecule has 0 aliphatic rings. The molecule has 30 heavy (non-hydrogen) atoms. The van der Waals surface area contributed by atoms with Crippen molar-refractivity contribution in [1.82, 2.24) is 19.1 Å². The second kappa shape index (κ2) is 8.40. The first-order valence-electron chi connectivity index (χ1n) is 9.87. The van der Waals surface area contributed by atoms with Crippen molar-refractivity contribution in [1.29, 1.82) is 0 Å². The van der Waals surface area contributed by atoms with Gasteiger partial charge in [-0.3, -0.25) is 4.57 Å². The van der Waals surface area contributed by atoms with Crippen molar-refractivity contribution in [2.45, 2.75) is 31.7 Å². The zero-order chi connectivity index (χ0) is 21.3. The summed E-state index contributed by atoms with van der Waals surface area (Å²) in [6.45, 7) is 6.29. The van der Waals surface area contributed by atoms with Crippen LogP contribution in [0.1, 0.15) is 22.6 Å². The molecule has 0 aliphatic carbocycles. The molecule has 0 bridgehead atoms. The molecule has 0 fully saturated rings. The van der Waals surface area contributed by atoms with Crippen LogP contribution in [0.25, 0.3) is 16.9 Å². The van der Waals surface area contributed by atoms with Gasteiger partial charge >= 0.3 is 0 Å². The number of methoxy groups -OCH3 is 1. The van der Waals surface area contributed by atoms with E-state index in [1.165, 1.54) is 11.1 Å². The smallest absolute Gasteiger partial charge is 0.173 e. The molecule has 0 aliphatic heterocycles. The Kier molecular flexibility index (Phi) is 5.68. The van der Waals surface area contributed by atoms with Gasteiger partial charge in [-0.25, -0.2) is 9.97 Å². The number of aromatic nitrogens is 4. The molecule has 154 valence electrons. The quantitative estimate of drug-likeness (QED) is 0.388. The highest BCUT2D eigenvalue weighted by Gasteiger charge is 2.17. The first kappa shape index (κ1) is 20.3. The Balaban J connectivity index is 1.77. The molecule has 4 aromatic rings. The summed E-state index contributed by atoms with van der Waals surface area (Å²) in [6, 6.07) is 14.7. The van der Waals surface area contributed by atoms with Crippen LogP contribution in [-0.2, 0) is 12.8 Å². The maximum absolute atomic E-state index is 5.32. The lowest BCUT2D eigenvalue weighted by Gasteiger charge is -2.15. The van der Waals surface area contributed by atoms with E-state index in [4.69, 9.17) is 9.72 Å². The molecule has 0 spiro atoms. The van der Waals surface area contributed by atoms with Crippen molar-refractivity contribution < 1.29 is 4.74 Å². The fraction of sp³-hybridized carbons (Fsp3) is 0.250. The van der Waals surface area contributed by atoms with Gasteiger partial charge in [0.2, 0.25) is 0 Å². The summed E-state index contributed by atoms with van der Waals surface area (Å²) in [5.41, 5.74) is 6.80. The Bertz CT molecular complexity index is 1170. The molecule has 2 heterocycles. The monoisotopic (exact) mass is 418 g/mol. The summed E-state index contributed by atoms with van der Waals surface area (Å²) < 4.78 is 9.65. The van der Waals surface area contributed by atoms with E-state index in [2.05, 4.69) is 64.5 Å². The number of aryl methyl sites for hydroxylation is 4. The highest BCUT2D eigenvalue weighted by molar-refractivity contribution is 7.98. The van der Waals surface area contributed by atoms with Gasteiger partial charge in [-0.1, -0.05) is 29.5 Å². The molecule has 6 heteroatoms. The largest absolute Gasteiger partial charge is 0.497 e. The summed E-state index contributed by atoms with van der Waals surface area (Å²) in [4.78, 5) is 9.42. The Morgan fingerprint density at radius 3 is 2.43 bits per heavy atom. The molecule has 0 amide bonds. The van der Waals surface area contributed by atoms with Gasteiger partial charge in [0.15, 0.2) is 5.16 Å². The van der Waals surface area contributed by atoms with Crippen molar-refractivity contribution in [3.63, 3.8) is 0 Å². The first-order valence-corrected chi connectivity index (χ1v) is 10.9. The number of ether oxygens (including phenoxy) is 1. The van der Waals surface area contributed by atoms with Gasteiger partial charge in [0, 0.05) is 18.8 Å². The summed E-state index contributed by atoms with van der Waals surface area (Å²) in [6.07, 6.45) is 4.00. The lowest BCUT2D eigenvalue weighted by Crippen LogP contribution is -2.03. The van der Waals surface area contributed by atoms with Gasteiger partial charge in [-0.15, -0.1) is 0 Å². The lowest BCUT2D eigenvalue weighted by atomic mass is 10.1. The van der Waals surface area contributed by atoms with Crippen molar-refractivity contribution in [2.75, 3.05) is 7.11 Å². The molecule has 2 aromatic carbocycles. The number of benzene rings is 2. The summed E-state index contributed by atoms with van der Waals surface area (Å²) >= 11 is 1.70. The molecule has 0 saturated heterocycles. The summed E-state index contributed by atoms with van der Waals surface area (Å²) in [5.74, 6) is 2.64. The molecule has 0 N–H and O–H groups in total. The minimum Gasteiger partial charge on any atom is -0.497 e. The Morgan fingerprint density at radius 1 is 1.03 bits per heavy atom. The summed E-state index contributed by atoms with van der Waals surface area (Å²) in [5, 5.41) is 0.952. The zero-order valence-corrected chi connectivity index (χ0v) is 18.8. The molecule has 4 rings (SSSR count). The van der Waals surface area contributed by atoms with Crippen LogP contribution in [0.15, 0.2) is 60.0 Å². The molecule has 0 saturated carbocycles. The molecule has 2 aromatic heterocycles. The minimum absolute atomic E-state index is 0.758. The van der Waals surface area contributed by atoms with E-state index in [0.29, 0.717) is 0 Å². The Hall–Kier alpha value is -2.99. The van der Waals surface area contributed by atoms with Crippen LogP contribution in [-0.4, -0.2) is 26.2 Å². The standard InChI is InChI=1S/C24H26N4OS/c1-16-6-11-21(17(2)12-16)28-22(19-7-9-20(29-5)10-8-19)13-25-24(28)30-15-23-26-18(3)14-27(23)4/h6-14H,15H2,1-5H3. The van der Waals surface area contributed by atoms with Crippen LogP contribution >= 0.6 is 11.8 Å². The SMILES string of the molecule is COc1ccc(-c2cnc(SCc3nc(C)cn3C)n2-c2ccc(C)cc2C)cc1. The van der Waals surface area contributed by atoms with Crippen molar-refractivity contribution in [2.24, 2.45) is 7.05 Å². The van der Waals surface area contributed by atoms with Crippen LogP contribution in [0.2, 0.25) is 0 Å². The molecule has 0 radical (unpaired) electrons. The van der Waals surface area contributed by atoms with E-state index in [9.17, 15) is 0 Å². The highest BCUT2D eigenvalue weighted by Crippen LogP contribution is 2.33. The fourth-order valence-corrected chi connectivity index (χ4v) is 4.60. The van der Waals surface area contributed by atoms with Crippen LogP contribution in [0, 0.1) is 20.8 Å². The van der Waals surface area contributed by atoms with Gasteiger partial charge < -0.3 is 9.30 Å². The predicted octanol–water partition coefficient (Wildman–Crippen LogP) is 5.50. The van der Waals surface area contributed by atoms with E-state index >= 15 is 0 Å². The van der Waals surface area contributed by atoms with E-state index < -0.39 is 0 Å². The topological polar surface area (TPSA) is 44.9 Å². The number of nitrogens with zero attached hydrogens (tertiary/aromatic N) is 4. The number of thioether (sulfide) groups is 1. The van der Waals surface area contributed by atoms with Crippen LogP contribution < -0.4 is 4.74 Å². The third kappa shape index (κ3) is 4.00. The molecular weight excluding hydrogens is 392 g/mol. The maximum atomic E-state index is 5.32. The van der Waals surface area contributed by atoms with Crippen LogP contribution in [0.3, 0.4) is 0 Å². The number of imidazole rings is 2. The first-order chi connectivity index (χ1) is 14.5. The fourth-order valence-electron chi connectivity index (χ4n) is 3.62. The third-order valence-corrected chi connectivity index (χ3v) is 6.08. The van der Waals surface area contributed by atoms with Crippen molar-refractivity contribution >= 4 is 11.8 Å². The van der Waals surface area contributed by atoms with Gasteiger partial charge in [0.1, 0.15) is 11.6 Å².